The minimum atomic E-state index is -1.72. The molecule has 6 N–H and O–H groups in total. The van der Waals surface area contributed by atoms with Gasteiger partial charge < -0.3 is 40.5 Å². The van der Waals surface area contributed by atoms with Gasteiger partial charge in [-0.2, -0.15) is 0 Å². The first-order valence-electron chi connectivity index (χ1n) is 20.1. The Bertz CT molecular complexity index is 1500. The summed E-state index contributed by atoms with van der Waals surface area (Å²) in [7, 11) is 0. The Morgan fingerprint density at radius 3 is 2.21 bits per heavy atom. The summed E-state index contributed by atoms with van der Waals surface area (Å²) in [6.45, 7) is 17.1. The fourth-order valence-electron chi connectivity index (χ4n) is 13.7. The van der Waals surface area contributed by atoms with E-state index in [-0.39, 0.29) is 51.2 Å². The molecular weight excluding hydrogens is 664 g/mol. The smallest absolute Gasteiger partial charge is 0.335 e. The number of carboxylic acids is 1. The number of nitrogens with one attached hydrogen (secondary N) is 2. The molecule has 4 saturated carbocycles. The zero-order valence-corrected chi connectivity index (χ0v) is 32.4. The van der Waals surface area contributed by atoms with E-state index in [2.05, 4.69) is 58.3 Å². The molecule has 2 heterocycles. The van der Waals surface area contributed by atoms with Crippen molar-refractivity contribution >= 4 is 17.8 Å². The molecule has 11 heteroatoms. The number of allylic oxidation sites excluding steroid dienone is 2. The quantitative estimate of drug-likeness (QED) is 0.167. The number of aliphatic hydroxyl groups excluding tert-OH is 3. The molecule has 2 amide bonds. The lowest BCUT2D eigenvalue weighted by Crippen LogP contribution is -2.76. The zero-order chi connectivity index (χ0) is 37.8. The number of amides is 2. The highest BCUT2D eigenvalue weighted by Gasteiger charge is 2.73. The second-order valence-corrected chi connectivity index (χ2v) is 19.7. The van der Waals surface area contributed by atoms with E-state index in [0.29, 0.717) is 25.4 Å². The van der Waals surface area contributed by atoms with Crippen LogP contribution in [0, 0.1) is 50.7 Å². The molecule has 6 unspecified atom stereocenters. The van der Waals surface area contributed by atoms with Gasteiger partial charge in [0.15, 0.2) is 6.10 Å². The van der Waals surface area contributed by atoms with E-state index in [9.17, 15) is 34.8 Å². The first kappa shape index (κ1) is 38.2. The van der Waals surface area contributed by atoms with Gasteiger partial charge in [0.05, 0.1) is 17.1 Å². The number of hydrogen-bond acceptors (Lipinski definition) is 8. The number of fused-ring (bicyclic) bond motifs is 9. The zero-order valence-electron chi connectivity index (χ0n) is 32.4. The summed E-state index contributed by atoms with van der Waals surface area (Å²) in [5.41, 5.74) is 0.771. The Morgan fingerprint density at radius 2 is 1.52 bits per heavy atom. The van der Waals surface area contributed by atoms with Crippen LogP contribution >= 0.6 is 0 Å². The van der Waals surface area contributed by atoms with Crippen LogP contribution in [0.2, 0.25) is 0 Å². The van der Waals surface area contributed by atoms with Crippen molar-refractivity contribution in [3.05, 3.63) is 11.6 Å². The first-order chi connectivity index (χ1) is 24.3. The van der Waals surface area contributed by atoms with Crippen molar-refractivity contribution < 1.29 is 44.3 Å². The molecular formula is C41H64N2O9. The van der Waals surface area contributed by atoms with Crippen LogP contribution in [0.4, 0.5) is 0 Å². The molecule has 0 aromatic rings. The van der Waals surface area contributed by atoms with Crippen LogP contribution in [-0.2, 0) is 23.9 Å². The Morgan fingerprint density at radius 1 is 0.827 bits per heavy atom. The van der Waals surface area contributed by atoms with E-state index in [1.807, 2.05) is 0 Å². The molecule has 15 atom stereocenters. The summed E-state index contributed by atoms with van der Waals surface area (Å²) in [5, 5.41) is 47.6. The number of ether oxygens (including phenoxy) is 2. The van der Waals surface area contributed by atoms with Crippen LogP contribution in [0.3, 0.4) is 0 Å². The molecule has 7 aliphatic rings. The molecule has 5 aliphatic carbocycles. The molecule has 0 spiro atoms. The lowest BCUT2D eigenvalue weighted by molar-refractivity contribution is -0.372. The third kappa shape index (κ3) is 5.40. The van der Waals surface area contributed by atoms with E-state index in [1.54, 1.807) is 0 Å². The highest BCUT2D eigenvalue weighted by molar-refractivity contribution is 5.84. The maximum atomic E-state index is 14.3. The predicted octanol–water partition coefficient (Wildman–Crippen LogP) is 4.11. The Hall–Kier alpha value is -2.05. The average molecular weight is 729 g/mol. The van der Waals surface area contributed by atoms with Crippen molar-refractivity contribution in [1.29, 1.82) is 0 Å². The van der Waals surface area contributed by atoms with Gasteiger partial charge in [-0.25, -0.2) is 4.79 Å². The van der Waals surface area contributed by atoms with Crippen molar-refractivity contribution in [3.8, 4) is 0 Å². The van der Waals surface area contributed by atoms with Crippen LogP contribution in [-0.4, -0.2) is 93.5 Å². The Balaban J connectivity index is 1.13. The van der Waals surface area contributed by atoms with E-state index in [0.717, 1.165) is 64.2 Å². The second-order valence-electron chi connectivity index (χ2n) is 19.7. The van der Waals surface area contributed by atoms with Crippen molar-refractivity contribution in [2.45, 2.75) is 161 Å². The SMILES string of the molecule is CC(=O)NCCCNC(=O)[C@]12CCC(C)(C)CC1C1=CCC3[C@@]4(C)CC[C@@H]5[C@H]([C@@H]6OC(C(=O)O)[C@@H](O)C(O)C6O)O[C@@]5(C)C4CC[C@@]3(C)[C@]1(C)CC2. The Labute approximate surface area is 309 Å². The number of rotatable bonds is 7. The summed E-state index contributed by atoms with van der Waals surface area (Å²) < 4.78 is 12.5. The van der Waals surface area contributed by atoms with E-state index < -0.39 is 53.6 Å². The fourth-order valence-corrected chi connectivity index (χ4v) is 13.7. The third-order valence-corrected chi connectivity index (χ3v) is 16.8. The number of carbonyl (C=O) groups is 3. The number of hydrogen-bond donors (Lipinski definition) is 6. The van der Waals surface area contributed by atoms with Crippen LogP contribution in [0.15, 0.2) is 11.6 Å². The topological polar surface area (TPSA) is 175 Å². The molecule has 2 aliphatic heterocycles. The van der Waals surface area contributed by atoms with Gasteiger partial charge >= 0.3 is 5.97 Å². The van der Waals surface area contributed by atoms with Crippen LogP contribution < -0.4 is 10.6 Å². The van der Waals surface area contributed by atoms with Crippen LogP contribution in [0.1, 0.15) is 119 Å². The third-order valence-electron chi connectivity index (χ3n) is 16.8. The number of aliphatic carboxylic acids is 1. The van der Waals surface area contributed by atoms with Crippen LogP contribution in [0.25, 0.3) is 0 Å². The normalized spacial score (nSPS) is 50.4. The van der Waals surface area contributed by atoms with E-state index in [4.69, 9.17) is 9.47 Å². The van der Waals surface area contributed by atoms with Crippen LogP contribution in [0.5, 0.6) is 0 Å². The summed E-state index contributed by atoms with van der Waals surface area (Å²) in [6.07, 6.45) is 4.91. The number of aliphatic hydroxyl groups is 3. The lowest BCUT2D eigenvalue weighted by Gasteiger charge is -2.74. The predicted molar refractivity (Wildman–Crippen MR) is 193 cm³/mol. The Kier molecular flexibility index (Phi) is 9.38. The minimum Gasteiger partial charge on any atom is -0.479 e. The van der Waals surface area contributed by atoms with Gasteiger partial charge in [-0.15, -0.1) is 0 Å². The van der Waals surface area contributed by atoms with Crippen molar-refractivity contribution in [3.63, 3.8) is 0 Å². The molecule has 2 saturated heterocycles. The van der Waals surface area contributed by atoms with Gasteiger partial charge in [0.1, 0.15) is 24.4 Å². The summed E-state index contributed by atoms with van der Waals surface area (Å²) in [6, 6.07) is 0. The average Bonchev–Trinajstić information content (AvgIpc) is 3.05. The molecule has 292 valence electrons. The summed E-state index contributed by atoms with van der Waals surface area (Å²) >= 11 is 0. The largest absolute Gasteiger partial charge is 0.479 e. The molecule has 0 radical (unpaired) electrons. The molecule has 7 rings (SSSR count). The van der Waals surface area contributed by atoms with Crippen molar-refractivity contribution in [1.82, 2.24) is 10.6 Å². The fraction of sp³-hybridized carbons (Fsp3) is 0.878. The van der Waals surface area contributed by atoms with Gasteiger partial charge in [-0.1, -0.05) is 46.3 Å². The molecule has 0 bridgehead atoms. The van der Waals surface area contributed by atoms with Gasteiger partial charge in [-0.05, 0) is 117 Å². The van der Waals surface area contributed by atoms with Crippen molar-refractivity contribution in [2.24, 2.45) is 50.7 Å². The van der Waals surface area contributed by atoms with Gasteiger partial charge in [0.25, 0.3) is 0 Å². The summed E-state index contributed by atoms with van der Waals surface area (Å²) in [4.78, 5) is 37.5. The van der Waals surface area contributed by atoms with Gasteiger partial charge in [0.2, 0.25) is 11.8 Å². The molecule has 6 fully saturated rings. The number of carbonyl (C=O) groups excluding carboxylic acids is 2. The monoisotopic (exact) mass is 728 g/mol. The van der Waals surface area contributed by atoms with Gasteiger partial charge in [-0.3, -0.25) is 9.59 Å². The molecule has 0 aromatic carbocycles. The van der Waals surface area contributed by atoms with E-state index in [1.165, 1.54) is 12.5 Å². The second kappa shape index (κ2) is 12.8. The molecule has 0 aromatic heterocycles. The van der Waals surface area contributed by atoms with E-state index >= 15 is 0 Å². The standard InChI is InChI=1S/C41H64N2O9/c1-22(44)42-19-8-20-43-35(50)41-17-15-36(2,3)21-25(41)23-9-10-26-37(4)13-11-24-31(32-29(46)28(45)30(47)33(51-32)34(48)49)52-40(24,7)27(37)12-14-39(26,6)38(23,5)16-18-41/h9,24-33,45-47H,8,10-21H2,1-7H3,(H,42,44)(H,43,50)(H,48,49)/t24-,25?,26?,27?,28?,29?,30+,31-,32-,33?,37-,38-,39-,40-,41+/m1/s1. The maximum Gasteiger partial charge on any atom is 0.335 e. The molecule has 11 nitrogen and oxygen atoms in total. The highest BCUT2D eigenvalue weighted by atomic mass is 16.6. The number of carboxylic acid groups (broad SMARTS) is 1. The lowest BCUT2D eigenvalue weighted by atomic mass is 9.33. The summed E-state index contributed by atoms with van der Waals surface area (Å²) in [5.74, 6) is -0.321. The first-order valence-corrected chi connectivity index (χ1v) is 20.1. The van der Waals surface area contributed by atoms with Crippen molar-refractivity contribution in [2.75, 3.05) is 13.1 Å². The maximum absolute atomic E-state index is 14.3. The minimum absolute atomic E-state index is 0.00867. The molecule has 52 heavy (non-hydrogen) atoms. The highest BCUT2D eigenvalue weighted by Crippen LogP contribution is 2.76. The van der Waals surface area contributed by atoms with Gasteiger partial charge in [0, 0.05) is 25.9 Å².